The van der Waals surface area contributed by atoms with Crippen LogP contribution >= 0.6 is 15.9 Å². The number of ketones is 1. The van der Waals surface area contributed by atoms with Gasteiger partial charge in [0.25, 0.3) is 0 Å². The van der Waals surface area contributed by atoms with Crippen molar-refractivity contribution in [3.05, 3.63) is 90.0 Å². The number of carbonyl (C=O) groups excluding carboxylic acids is 1. The fraction of sp³-hybridized carbons (Fsp3) is 0.250. The van der Waals surface area contributed by atoms with Gasteiger partial charge in [-0.05, 0) is 72.0 Å². The molecule has 4 heteroatoms. The van der Waals surface area contributed by atoms with E-state index in [1.165, 1.54) is 19.3 Å². The van der Waals surface area contributed by atoms with Crippen LogP contribution in [-0.2, 0) is 0 Å². The summed E-state index contributed by atoms with van der Waals surface area (Å²) in [5, 5.41) is 1.08. The first-order valence-corrected chi connectivity index (χ1v) is 12.1. The smallest absolute Gasteiger partial charge is 0.185 e. The van der Waals surface area contributed by atoms with E-state index in [0.717, 1.165) is 46.5 Å². The standard InChI is InChI=1S/C28H29BrO3/c1-31-26-15-13-25(14-16-26)28(30)19-8-22-6-9-23(10-7-22)24-11-17-27(18-12-24)32-21-5-3-2-4-20-29/h6-19H,2-5,20-21H2,1H3. The van der Waals surface area contributed by atoms with E-state index in [4.69, 9.17) is 9.47 Å². The van der Waals surface area contributed by atoms with E-state index in [2.05, 4.69) is 40.2 Å². The molecular weight excluding hydrogens is 464 g/mol. The zero-order valence-corrected chi connectivity index (χ0v) is 20.0. The first-order valence-electron chi connectivity index (χ1n) is 11.0. The molecule has 0 N–H and O–H groups in total. The summed E-state index contributed by atoms with van der Waals surface area (Å²) in [7, 11) is 1.61. The molecule has 32 heavy (non-hydrogen) atoms. The number of allylic oxidation sites excluding steroid dienone is 1. The Hall–Kier alpha value is -2.85. The Morgan fingerprint density at radius 1 is 0.781 bits per heavy atom. The van der Waals surface area contributed by atoms with Crippen molar-refractivity contribution < 1.29 is 14.3 Å². The Kier molecular flexibility index (Phi) is 9.58. The van der Waals surface area contributed by atoms with Crippen LogP contribution in [0.3, 0.4) is 0 Å². The molecule has 3 aromatic rings. The Morgan fingerprint density at radius 2 is 1.38 bits per heavy atom. The van der Waals surface area contributed by atoms with Crippen LogP contribution < -0.4 is 9.47 Å². The lowest BCUT2D eigenvalue weighted by molar-refractivity contribution is 0.104. The quantitative estimate of drug-likeness (QED) is 0.113. The van der Waals surface area contributed by atoms with Gasteiger partial charge in [-0.15, -0.1) is 0 Å². The van der Waals surface area contributed by atoms with E-state index in [1.54, 1.807) is 37.5 Å². The summed E-state index contributed by atoms with van der Waals surface area (Å²) < 4.78 is 11.0. The number of unbranched alkanes of at least 4 members (excludes halogenated alkanes) is 3. The molecule has 0 aliphatic rings. The van der Waals surface area contributed by atoms with Crippen molar-refractivity contribution in [2.75, 3.05) is 19.0 Å². The van der Waals surface area contributed by atoms with Gasteiger partial charge in [-0.25, -0.2) is 0 Å². The molecule has 0 saturated carbocycles. The zero-order chi connectivity index (χ0) is 22.6. The van der Waals surface area contributed by atoms with Crippen molar-refractivity contribution >= 4 is 27.8 Å². The fourth-order valence-corrected chi connectivity index (χ4v) is 3.69. The van der Waals surface area contributed by atoms with E-state index >= 15 is 0 Å². The second-order valence-corrected chi connectivity index (χ2v) is 8.32. The number of benzene rings is 3. The maximum atomic E-state index is 12.3. The highest BCUT2D eigenvalue weighted by atomic mass is 79.9. The van der Waals surface area contributed by atoms with Crippen LogP contribution in [0.2, 0.25) is 0 Å². The van der Waals surface area contributed by atoms with E-state index in [0.29, 0.717) is 5.56 Å². The summed E-state index contributed by atoms with van der Waals surface area (Å²) in [6.07, 6.45) is 8.20. The van der Waals surface area contributed by atoms with Crippen LogP contribution in [-0.4, -0.2) is 24.8 Å². The number of carbonyl (C=O) groups is 1. The van der Waals surface area contributed by atoms with Crippen molar-refractivity contribution in [1.29, 1.82) is 0 Å². The summed E-state index contributed by atoms with van der Waals surface area (Å²) in [4.78, 5) is 12.3. The third-order valence-electron chi connectivity index (χ3n) is 5.20. The van der Waals surface area contributed by atoms with Crippen molar-refractivity contribution in [3.8, 4) is 22.6 Å². The summed E-state index contributed by atoms with van der Waals surface area (Å²) in [5.41, 5.74) is 3.89. The lowest BCUT2D eigenvalue weighted by Gasteiger charge is -2.08. The number of rotatable bonds is 12. The predicted octanol–water partition coefficient (Wildman–Crippen LogP) is 7.59. The molecule has 0 heterocycles. The second-order valence-electron chi connectivity index (χ2n) is 7.52. The van der Waals surface area contributed by atoms with Crippen LogP contribution in [0.5, 0.6) is 11.5 Å². The normalized spacial score (nSPS) is 10.9. The van der Waals surface area contributed by atoms with Gasteiger partial charge in [0.1, 0.15) is 11.5 Å². The van der Waals surface area contributed by atoms with Crippen molar-refractivity contribution in [2.24, 2.45) is 0 Å². The second kappa shape index (κ2) is 12.9. The molecule has 0 aliphatic heterocycles. The van der Waals surface area contributed by atoms with Crippen molar-refractivity contribution in [3.63, 3.8) is 0 Å². The van der Waals surface area contributed by atoms with E-state index in [9.17, 15) is 4.79 Å². The average molecular weight is 493 g/mol. The number of methoxy groups -OCH3 is 1. The van der Waals surface area contributed by atoms with Gasteiger partial charge in [0, 0.05) is 10.9 Å². The Labute approximate surface area is 199 Å². The highest BCUT2D eigenvalue weighted by Crippen LogP contribution is 2.23. The van der Waals surface area contributed by atoms with Crippen molar-refractivity contribution in [1.82, 2.24) is 0 Å². The first-order chi connectivity index (χ1) is 15.7. The monoisotopic (exact) mass is 492 g/mol. The molecule has 0 spiro atoms. The number of alkyl halides is 1. The molecule has 3 nitrogen and oxygen atoms in total. The minimum atomic E-state index is -0.0320. The summed E-state index contributed by atoms with van der Waals surface area (Å²) in [6.45, 7) is 0.762. The summed E-state index contributed by atoms with van der Waals surface area (Å²) in [6, 6.07) is 23.5. The Morgan fingerprint density at radius 3 is 2.00 bits per heavy atom. The van der Waals surface area contributed by atoms with Crippen molar-refractivity contribution in [2.45, 2.75) is 25.7 Å². The molecular formula is C28H29BrO3. The summed E-state index contributed by atoms with van der Waals surface area (Å²) in [5.74, 6) is 1.61. The van der Waals surface area contributed by atoms with Crippen LogP contribution in [0, 0.1) is 0 Å². The highest BCUT2D eigenvalue weighted by Gasteiger charge is 2.03. The molecule has 0 unspecified atom stereocenters. The minimum Gasteiger partial charge on any atom is -0.497 e. The minimum absolute atomic E-state index is 0.0320. The molecule has 0 amide bonds. The predicted molar refractivity (Wildman–Crippen MR) is 136 cm³/mol. The molecule has 0 bridgehead atoms. The molecule has 3 aromatic carbocycles. The number of hydrogen-bond donors (Lipinski definition) is 0. The lowest BCUT2D eigenvalue weighted by Crippen LogP contribution is -1.97. The van der Waals surface area contributed by atoms with Gasteiger partial charge in [0.2, 0.25) is 0 Å². The van der Waals surface area contributed by atoms with Gasteiger partial charge < -0.3 is 9.47 Å². The van der Waals surface area contributed by atoms with E-state index in [-0.39, 0.29) is 5.78 Å². The van der Waals surface area contributed by atoms with E-state index < -0.39 is 0 Å². The molecule has 0 fully saturated rings. The molecule has 0 atom stereocenters. The molecule has 0 radical (unpaired) electrons. The van der Waals surface area contributed by atoms with Crippen LogP contribution in [0.4, 0.5) is 0 Å². The van der Waals surface area contributed by atoms with Crippen LogP contribution in [0.15, 0.2) is 78.9 Å². The van der Waals surface area contributed by atoms with E-state index in [1.807, 2.05) is 30.3 Å². The topological polar surface area (TPSA) is 35.5 Å². The highest BCUT2D eigenvalue weighted by molar-refractivity contribution is 9.09. The lowest BCUT2D eigenvalue weighted by atomic mass is 10.0. The fourth-order valence-electron chi connectivity index (χ4n) is 3.29. The van der Waals surface area contributed by atoms with Gasteiger partial charge in [-0.1, -0.05) is 71.2 Å². The molecule has 0 saturated heterocycles. The third kappa shape index (κ3) is 7.38. The molecule has 166 valence electrons. The number of halogens is 1. The maximum Gasteiger partial charge on any atom is 0.185 e. The zero-order valence-electron chi connectivity index (χ0n) is 18.4. The van der Waals surface area contributed by atoms with Gasteiger partial charge in [-0.3, -0.25) is 4.79 Å². The average Bonchev–Trinajstić information content (AvgIpc) is 2.85. The SMILES string of the molecule is COc1ccc(C(=O)C=Cc2ccc(-c3ccc(OCCCCCCBr)cc3)cc2)cc1. The summed E-state index contributed by atoms with van der Waals surface area (Å²) >= 11 is 3.46. The Balaban J connectivity index is 1.52. The van der Waals surface area contributed by atoms with Gasteiger partial charge >= 0.3 is 0 Å². The Bertz CT molecular complexity index is 990. The molecule has 0 aromatic heterocycles. The number of hydrogen-bond acceptors (Lipinski definition) is 3. The largest absolute Gasteiger partial charge is 0.497 e. The molecule has 0 aliphatic carbocycles. The van der Waals surface area contributed by atoms with Gasteiger partial charge in [0.15, 0.2) is 5.78 Å². The van der Waals surface area contributed by atoms with Gasteiger partial charge in [-0.2, -0.15) is 0 Å². The maximum absolute atomic E-state index is 12.3. The third-order valence-corrected chi connectivity index (χ3v) is 5.76. The first kappa shape index (κ1) is 23.8. The van der Waals surface area contributed by atoms with Gasteiger partial charge in [0.05, 0.1) is 13.7 Å². The number of ether oxygens (including phenoxy) is 2. The van der Waals surface area contributed by atoms with Crippen LogP contribution in [0.25, 0.3) is 17.2 Å². The van der Waals surface area contributed by atoms with Crippen LogP contribution in [0.1, 0.15) is 41.6 Å². The molecule has 3 rings (SSSR count).